The van der Waals surface area contributed by atoms with Crippen molar-refractivity contribution in [3.8, 4) is 11.5 Å². The van der Waals surface area contributed by atoms with Gasteiger partial charge in [0.05, 0.1) is 19.3 Å². The Balaban J connectivity index is 1.50. The molecule has 1 atom stereocenters. The fraction of sp³-hybridized carbons (Fsp3) is 0.300. The number of carbonyl (C=O) groups excluding carboxylic acids is 2. The lowest BCUT2D eigenvalue weighted by molar-refractivity contribution is -0.136. The van der Waals surface area contributed by atoms with Crippen molar-refractivity contribution in [2.75, 3.05) is 25.1 Å². The van der Waals surface area contributed by atoms with Crippen LogP contribution in [0.25, 0.3) is 0 Å². The molecule has 0 aromatic heterocycles. The van der Waals surface area contributed by atoms with E-state index in [9.17, 15) is 14.7 Å². The number of aliphatic hydroxyl groups excluding tert-OH is 1. The predicted octanol–water partition coefficient (Wildman–Crippen LogP) is 1.81. The second-order valence-electron chi connectivity index (χ2n) is 6.10. The van der Waals surface area contributed by atoms with Gasteiger partial charge in [-0.3, -0.25) is 9.59 Å². The standard InChI is InChI=1S/C20H22N2O5/c1-2-26-16-6-4-15(5-7-16)22-20(25)19(24)21-12-17(23)13-3-8-18-14(11-13)9-10-27-18/h3-8,11,17,23H,2,9-10,12H2,1H3,(H,21,24)(H,22,25). The second-order valence-corrected chi connectivity index (χ2v) is 6.10. The highest BCUT2D eigenvalue weighted by molar-refractivity contribution is 6.39. The molecule has 3 N–H and O–H groups in total. The Morgan fingerprint density at radius 3 is 2.70 bits per heavy atom. The average Bonchev–Trinajstić information content (AvgIpc) is 3.15. The van der Waals surface area contributed by atoms with Gasteiger partial charge in [0.15, 0.2) is 0 Å². The second kappa shape index (κ2) is 8.55. The highest BCUT2D eigenvalue weighted by Crippen LogP contribution is 2.28. The van der Waals surface area contributed by atoms with Crippen LogP contribution in [0.3, 0.4) is 0 Å². The summed E-state index contributed by atoms with van der Waals surface area (Å²) < 4.78 is 10.7. The number of rotatable bonds is 6. The number of hydrogen-bond donors (Lipinski definition) is 3. The van der Waals surface area contributed by atoms with Crippen LogP contribution < -0.4 is 20.1 Å². The maximum Gasteiger partial charge on any atom is 0.313 e. The summed E-state index contributed by atoms with van der Waals surface area (Å²) in [7, 11) is 0. The van der Waals surface area contributed by atoms with Crippen molar-refractivity contribution >= 4 is 17.5 Å². The molecule has 0 radical (unpaired) electrons. The van der Waals surface area contributed by atoms with E-state index in [1.165, 1.54) is 0 Å². The van der Waals surface area contributed by atoms with Gasteiger partial charge in [-0.1, -0.05) is 6.07 Å². The van der Waals surface area contributed by atoms with E-state index in [2.05, 4.69) is 10.6 Å². The molecule has 1 unspecified atom stereocenters. The van der Waals surface area contributed by atoms with Gasteiger partial charge in [-0.15, -0.1) is 0 Å². The first-order chi connectivity index (χ1) is 13.1. The summed E-state index contributed by atoms with van der Waals surface area (Å²) in [6.45, 7) is 3.01. The van der Waals surface area contributed by atoms with Crippen LogP contribution in [0, 0.1) is 0 Å². The summed E-state index contributed by atoms with van der Waals surface area (Å²) in [5, 5.41) is 15.2. The number of carbonyl (C=O) groups is 2. The van der Waals surface area contributed by atoms with Crippen LogP contribution in [0.4, 0.5) is 5.69 Å². The van der Waals surface area contributed by atoms with E-state index in [0.29, 0.717) is 30.2 Å². The van der Waals surface area contributed by atoms with E-state index < -0.39 is 17.9 Å². The molecule has 142 valence electrons. The number of nitrogens with one attached hydrogen (secondary N) is 2. The van der Waals surface area contributed by atoms with Gasteiger partial charge in [-0.05, 0) is 54.4 Å². The van der Waals surface area contributed by atoms with Gasteiger partial charge < -0.3 is 25.2 Å². The third kappa shape index (κ3) is 4.77. The number of hydrogen-bond acceptors (Lipinski definition) is 5. The summed E-state index contributed by atoms with van der Waals surface area (Å²) in [6, 6.07) is 12.1. The summed E-state index contributed by atoms with van der Waals surface area (Å²) in [4.78, 5) is 23.9. The zero-order chi connectivity index (χ0) is 19.2. The third-order valence-corrected chi connectivity index (χ3v) is 4.18. The summed E-state index contributed by atoms with van der Waals surface area (Å²) >= 11 is 0. The molecule has 1 heterocycles. The Morgan fingerprint density at radius 1 is 1.19 bits per heavy atom. The van der Waals surface area contributed by atoms with Crippen LogP contribution in [0.5, 0.6) is 11.5 Å². The lowest BCUT2D eigenvalue weighted by Gasteiger charge is -2.13. The fourth-order valence-corrected chi connectivity index (χ4v) is 2.79. The lowest BCUT2D eigenvalue weighted by Crippen LogP contribution is -2.37. The maximum absolute atomic E-state index is 12.0. The Hall–Kier alpha value is -3.06. The molecule has 7 heteroatoms. The molecule has 1 aliphatic heterocycles. The average molecular weight is 370 g/mol. The molecular formula is C20H22N2O5. The molecule has 0 saturated heterocycles. The van der Waals surface area contributed by atoms with Gasteiger partial charge >= 0.3 is 11.8 Å². The van der Waals surface area contributed by atoms with Crippen molar-refractivity contribution in [3.63, 3.8) is 0 Å². The predicted molar refractivity (Wildman–Crippen MR) is 99.9 cm³/mol. The van der Waals surface area contributed by atoms with E-state index in [4.69, 9.17) is 9.47 Å². The number of anilines is 1. The summed E-state index contributed by atoms with van der Waals surface area (Å²) in [5.74, 6) is -0.103. The minimum atomic E-state index is -0.905. The molecule has 2 amide bonds. The van der Waals surface area contributed by atoms with E-state index in [0.717, 1.165) is 17.7 Å². The fourth-order valence-electron chi connectivity index (χ4n) is 2.79. The molecule has 2 aromatic carbocycles. The number of benzene rings is 2. The Labute approximate surface area is 157 Å². The normalized spacial score (nSPS) is 13.3. The molecule has 27 heavy (non-hydrogen) atoms. The van der Waals surface area contributed by atoms with Crippen molar-refractivity contribution in [3.05, 3.63) is 53.6 Å². The minimum absolute atomic E-state index is 0.0603. The Kier molecular flexibility index (Phi) is 5.93. The molecular weight excluding hydrogens is 348 g/mol. The van der Waals surface area contributed by atoms with Gasteiger partial charge in [0, 0.05) is 18.7 Å². The van der Waals surface area contributed by atoms with Gasteiger partial charge in [0.25, 0.3) is 0 Å². The van der Waals surface area contributed by atoms with Crippen molar-refractivity contribution in [1.82, 2.24) is 5.32 Å². The molecule has 0 bridgehead atoms. The quantitative estimate of drug-likeness (QED) is 0.674. The van der Waals surface area contributed by atoms with Crippen molar-refractivity contribution in [2.24, 2.45) is 0 Å². The Bertz CT molecular complexity index is 820. The summed E-state index contributed by atoms with van der Waals surface area (Å²) in [6.07, 6.45) is -0.106. The summed E-state index contributed by atoms with van der Waals surface area (Å²) in [5.41, 5.74) is 2.19. The highest BCUT2D eigenvalue weighted by Gasteiger charge is 2.18. The maximum atomic E-state index is 12.0. The number of amides is 2. The molecule has 1 aliphatic rings. The topological polar surface area (TPSA) is 96.9 Å². The van der Waals surface area contributed by atoms with Crippen LogP contribution in [0.15, 0.2) is 42.5 Å². The van der Waals surface area contributed by atoms with E-state index >= 15 is 0 Å². The monoisotopic (exact) mass is 370 g/mol. The van der Waals surface area contributed by atoms with Crippen LogP contribution >= 0.6 is 0 Å². The first kappa shape index (κ1) is 18.7. The third-order valence-electron chi connectivity index (χ3n) is 4.18. The van der Waals surface area contributed by atoms with Crippen LogP contribution in [0.1, 0.15) is 24.2 Å². The van der Waals surface area contributed by atoms with Crippen LogP contribution in [-0.4, -0.2) is 36.7 Å². The van der Waals surface area contributed by atoms with Crippen molar-refractivity contribution in [1.29, 1.82) is 0 Å². The highest BCUT2D eigenvalue weighted by atomic mass is 16.5. The Morgan fingerprint density at radius 2 is 1.96 bits per heavy atom. The largest absolute Gasteiger partial charge is 0.494 e. The number of fused-ring (bicyclic) bond motifs is 1. The SMILES string of the molecule is CCOc1ccc(NC(=O)C(=O)NCC(O)c2ccc3c(c2)CCO3)cc1. The molecule has 7 nitrogen and oxygen atoms in total. The minimum Gasteiger partial charge on any atom is -0.494 e. The van der Waals surface area contributed by atoms with Gasteiger partial charge in [0.1, 0.15) is 11.5 Å². The molecule has 2 aromatic rings. The first-order valence-corrected chi connectivity index (χ1v) is 8.82. The zero-order valence-corrected chi connectivity index (χ0v) is 15.0. The van der Waals surface area contributed by atoms with Gasteiger partial charge in [-0.25, -0.2) is 0 Å². The number of ether oxygens (including phenoxy) is 2. The molecule has 0 aliphatic carbocycles. The molecule has 0 saturated carbocycles. The molecule has 3 rings (SSSR count). The zero-order valence-electron chi connectivity index (χ0n) is 15.0. The van der Waals surface area contributed by atoms with Crippen LogP contribution in [-0.2, 0) is 16.0 Å². The van der Waals surface area contributed by atoms with Crippen LogP contribution in [0.2, 0.25) is 0 Å². The first-order valence-electron chi connectivity index (χ1n) is 8.82. The van der Waals surface area contributed by atoms with E-state index in [1.54, 1.807) is 36.4 Å². The number of aliphatic hydroxyl groups is 1. The molecule has 0 spiro atoms. The smallest absolute Gasteiger partial charge is 0.313 e. The van der Waals surface area contributed by atoms with Gasteiger partial charge in [0.2, 0.25) is 0 Å². The lowest BCUT2D eigenvalue weighted by atomic mass is 10.0. The van der Waals surface area contributed by atoms with E-state index in [1.807, 2.05) is 13.0 Å². The van der Waals surface area contributed by atoms with Gasteiger partial charge in [-0.2, -0.15) is 0 Å². The van der Waals surface area contributed by atoms with Crippen molar-refractivity contribution in [2.45, 2.75) is 19.4 Å². The van der Waals surface area contributed by atoms with Crippen molar-refractivity contribution < 1.29 is 24.2 Å². The van der Waals surface area contributed by atoms with E-state index in [-0.39, 0.29) is 6.54 Å². The molecule has 0 fully saturated rings.